The summed E-state index contributed by atoms with van der Waals surface area (Å²) < 4.78 is 0.982. The van der Waals surface area contributed by atoms with Crippen molar-refractivity contribution in [3.63, 3.8) is 0 Å². The van der Waals surface area contributed by atoms with Crippen LogP contribution in [0.5, 0.6) is 0 Å². The van der Waals surface area contributed by atoms with Gasteiger partial charge in [0.25, 0.3) is 5.69 Å². The van der Waals surface area contributed by atoms with Crippen LogP contribution >= 0.6 is 22.6 Å². The van der Waals surface area contributed by atoms with Crippen LogP contribution in [-0.2, 0) is 0 Å². The number of nitro benzene ring substituents is 1. The summed E-state index contributed by atoms with van der Waals surface area (Å²) in [6.45, 7) is 1.61. The summed E-state index contributed by atoms with van der Waals surface area (Å²) >= 11 is 2.15. The van der Waals surface area contributed by atoms with E-state index in [0.29, 0.717) is 12.2 Å². The molecule has 0 bridgehead atoms. The Kier molecular flexibility index (Phi) is 3.82. The summed E-state index contributed by atoms with van der Waals surface area (Å²) in [5, 5.41) is 20.1. The molecule has 1 aromatic rings. The smallest absolute Gasteiger partial charge is 0.292 e. The first-order valence-electron chi connectivity index (χ1n) is 5.41. The van der Waals surface area contributed by atoms with E-state index in [-0.39, 0.29) is 23.1 Å². The Labute approximate surface area is 113 Å². The van der Waals surface area contributed by atoms with Crippen molar-refractivity contribution in [1.29, 1.82) is 0 Å². The SMILES string of the molecule is O=[N+]([O-])c1ccc(I)cc1N1CCC(CO)C1. The number of halogens is 1. The minimum Gasteiger partial charge on any atom is -0.396 e. The zero-order valence-corrected chi connectivity index (χ0v) is 11.3. The molecule has 1 heterocycles. The molecule has 0 spiro atoms. The van der Waals surface area contributed by atoms with Gasteiger partial charge in [-0.15, -0.1) is 0 Å². The number of aliphatic hydroxyl groups is 1. The van der Waals surface area contributed by atoms with Crippen LogP contribution in [0.4, 0.5) is 11.4 Å². The standard InChI is InChI=1S/C11H13IN2O3/c12-9-1-2-10(14(16)17)11(5-9)13-4-3-8(6-13)7-15/h1-2,5,8,15H,3-4,6-7H2. The van der Waals surface area contributed by atoms with Crippen molar-refractivity contribution in [2.24, 2.45) is 5.92 Å². The molecule has 0 aliphatic carbocycles. The summed E-state index contributed by atoms with van der Waals surface area (Å²) in [4.78, 5) is 12.6. The molecule has 1 aliphatic rings. The highest BCUT2D eigenvalue weighted by molar-refractivity contribution is 14.1. The van der Waals surface area contributed by atoms with E-state index in [2.05, 4.69) is 22.6 Å². The van der Waals surface area contributed by atoms with Gasteiger partial charge in [0.1, 0.15) is 5.69 Å². The molecule has 1 N–H and O–H groups in total. The second-order valence-corrected chi connectivity index (χ2v) is 5.42. The number of hydrogen-bond donors (Lipinski definition) is 1. The summed E-state index contributed by atoms with van der Waals surface area (Å²) in [7, 11) is 0. The average Bonchev–Trinajstić information content (AvgIpc) is 2.76. The molecule has 1 fully saturated rings. The van der Waals surface area contributed by atoms with E-state index < -0.39 is 0 Å². The normalized spacial score (nSPS) is 19.6. The quantitative estimate of drug-likeness (QED) is 0.516. The monoisotopic (exact) mass is 348 g/mol. The molecule has 1 atom stereocenters. The number of hydrogen-bond acceptors (Lipinski definition) is 4. The summed E-state index contributed by atoms with van der Waals surface area (Å²) in [5.74, 6) is 0.229. The third kappa shape index (κ3) is 2.68. The molecule has 1 saturated heterocycles. The minimum absolute atomic E-state index is 0.143. The van der Waals surface area contributed by atoms with Crippen molar-refractivity contribution < 1.29 is 10.0 Å². The molecule has 17 heavy (non-hydrogen) atoms. The van der Waals surface area contributed by atoms with E-state index >= 15 is 0 Å². The van der Waals surface area contributed by atoms with Crippen LogP contribution in [0.3, 0.4) is 0 Å². The van der Waals surface area contributed by atoms with Crippen LogP contribution in [-0.4, -0.2) is 29.7 Å². The lowest BCUT2D eigenvalue weighted by Gasteiger charge is -2.18. The molecule has 0 radical (unpaired) electrons. The van der Waals surface area contributed by atoms with E-state index in [4.69, 9.17) is 5.11 Å². The zero-order valence-electron chi connectivity index (χ0n) is 9.17. The first-order valence-corrected chi connectivity index (χ1v) is 6.49. The van der Waals surface area contributed by atoms with Crippen LogP contribution in [0, 0.1) is 19.6 Å². The highest BCUT2D eigenvalue weighted by atomic mass is 127. The number of nitro groups is 1. The van der Waals surface area contributed by atoms with Crippen LogP contribution < -0.4 is 4.90 Å². The molecular formula is C11H13IN2O3. The molecule has 92 valence electrons. The van der Waals surface area contributed by atoms with Gasteiger partial charge >= 0.3 is 0 Å². The third-order valence-corrected chi connectivity index (χ3v) is 3.69. The number of benzene rings is 1. The zero-order chi connectivity index (χ0) is 12.4. The average molecular weight is 348 g/mol. The second-order valence-electron chi connectivity index (χ2n) is 4.17. The first-order chi connectivity index (χ1) is 8.11. The summed E-state index contributed by atoms with van der Waals surface area (Å²) in [6.07, 6.45) is 0.888. The maximum Gasteiger partial charge on any atom is 0.292 e. The largest absolute Gasteiger partial charge is 0.396 e. The van der Waals surface area contributed by atoms with Gasteiger partial charge in [-0.1, -0.05) is 0 Å². The Hall–Kier alpha value is -0.890. The Morgan fingerprint density at radius 3 is 2.94 bits per heavy atom. The maximum atomic E-state index is 11.0. The molecule has 6 heteroatoms. The molecule has 0 aromatic heterocycles. The van der Waals surface area contributed by atoms with Gasteiger partial charge in [0, 0.05) is 35.3 Å². The fourth-order valence-corrected chi connectivity index (χ4v) is 2.58. The Bertz CT molecular complexity index is 439. The molecule has 0 amide bonds. The lowest BCUT2D eigenvalue weighted by molar-refractivity contribution is -0.384. The van der Waals surface area contributed by atoms with E-state index in [1.807, 2.05) is 11.0 Å². The van der Waals surface area contributed by atoms with E-state index in [1.54, 1.807) is 12.1 Å². The van der Waals surface area contributed by atoms with Crippen LogP contribution in [0.2, 0.25) is 0 Å². The topological polar surface area (TPSA) is 66.6 Å². The fourth-order valence-electron chi connectivity index (χ4n) is 2.10. The van der Waals surface area contributed by atoms with Gasteiger partial charge in [-0.05, 0) is 41.1 Å². The molecule has 1 aliphatic heterocycles. The molecule has 1 aromatic carbocycles. The molecule has 2 rings (SSSR count). The highest BCUT2D eigenvalue weighted by Crippen LogP contribution is 2.33. The van der Waals surface area contributed by atoms with Crippen molar-refractivity contribution in [2.45, 2.75) is 6.42 Å². The number of nitrogens with zero attached hydrogens (tertiary/aromatic N) is 2. The number of rotatable bonds is 3. The van der Waals surface area contributed by atoms with Crippen molar-refractivity contribution in [3.05, 3.63) is 31.9 Å². The van der Waals surface area contributed by atoms with Gasteiger partial charge in [-0.25, -0.2) is 0 Å². The first kappa shape index (κ1) is 12.6. The maximum absolute atomic E-state index is 11.0. The minimum atomic E-state index is -0.350. The van der Waals surface area contributed by atoms with Crippen molar-refractivity contribution >= 4 is 34.0 Å². The Balaban J connectivity index is 2.31. The fraction of sp³-hybridized carbons (Fsp3) is 0.455. The molecule has 1 unspecified atom stereocenters. The van der Waals surface area contributed by atoms with E-state index in [1.165, 1.54) is 0 Å². The van der Waals surface area contributed by atoms with Gasteiger partial charge in [0.15, 0.2) is 0 Å². The number of anilines is 1. The van der Waals surface area contributed by atoms with E-state index in [9.17, 15) is 10.1 Å². The highest BCUT2D eigenvalue weighted by Gasteiger charge is 2.27. The van der Waals surface area contributed by atoms with Gasteiger partial charge < -0.3 is 10.0 Å². The summed E-state index contributed by atoms with van der Waals surface area (Å²) in [5.41, 5.74) is 0.807. The van der Waals surface area contributed by atoms with Crippen molar-refractivity contribution in [3.8, 4) is 0 Å². The predicted molar refractivity (Wildman–Crippen MR) is 73.2 cm³/mol. The number of aliphatic hydroxyl groups excluding tert-OH is 1. The molecule has 0 saturated carbocycles. The van der Waals surface area contributed by atoms with Crippen LogP contribution in [0.15, 0.2) is 18.2 Å². The van der Waals surface area contributed by atoms with Crippen molar-refractivity contribution in [1.82, 2.24) is 0 Å². The Morgan fingerprint density at radius 2 is 2.35 bits per heavy atom. The third-order valence-electron chi connectivity index (χ3n) is 3.02. The summed E-state index contributed by atoms with van der Waals surface area (Å²) in [6, 6.07) is 5.11. The lowest BCUT2D eigenvalue weighted by Crippen LogP contribution is -2.21. The molecular weight excluding hydrogens is 335 g/mol. The van der Waals surface area contributed by atoms with Crippen LogP contribution in [0.25, 0.3) is 0 Å². The second kappa shape index (κ2) is 5.18. The van der Waals surface area contributed by atoms with Gasteiger partial charge in [0.2, 0.25) is 0 Å². The van der Waals surface area contributed by atoms with Crippen LogP contribution in [0.1, 0.15) is 6.42 Å². The Morgan fingerprint density at radius 1 is 1.59 bits per heavy atom. The van der Waals surface area contributed by atoms with E-state index in [0.717, 1.165) is 16.5 Å². The van der Waals surface area contributed by atoms with Gasteiger partial charge in [-0.3, -0.25) is 10.1 Å². The van der Waals surface area contributed by atoms with Gasteiger partial charge in [0.05, 0.1) is 4.92 Å². The molecule has 5 nitrogen and oxygen atoms in total. The lowest BCUT2D eigenvalue weighted by atomic mass is 10.1. The van der Waals surface area contributed by atoms with Gasteiger partial charge in [-0.2, -0.15) is 0 Å². The predicted octanol–water partition coefficient (Wildman–Crippen LogP) is 2.02. The van der Waals surface area contributed by atoms with Crippen molar-refractivity contribution in [2.75, 3.05) is 24.6 Å².